The van der Waals surface area contributed by atoms with Crippen LogP contribution in [-0.4, -0.2) is 39.0 Å². The number of benzene rings is 1. The van der Waals surface area contributed by atoms with Gasteiger partial charge in [-0.25, -0.2) is 17.9 Å². The van der Waals surface area contributed by atoms with Crippen molar-refractivity contribution in [3.8, 4) is 0 Å². The first-order valence-corrected chi connectivity index (χ1v) is 10.4. The number of carbonyl (C=O) groups excluding carboxylic acids is 2. The van der Waals surface area contributed by atoms with E-state index in [1.54, 1.807) is 20.8 Å². The van der Waals surface area contributed by atoms with Crippen LogP contribution in [0.3, 0.4) is 0 Å². The Bertz CT molecular complexity index is 817. The molecule has 1 rings (SSSR count). The van der Waals surface area contributed by atoms with Crippen molar-refractivity contribution in [2.24, 2.45) is 5.92 Å². The number of esters is 1. The Morgan fingerprint density at radius 3 is 2.26 bits per heavy atom. The van der Waals surface area contributed by atoms with Gasteiger partial charge in [0.1, 0.15) is 4.90 Å². The molecule has 0 unspecified atom stereocenters. The fourth-order valence-electron chi connectivity index (χ4n) is 1.91. The molecule has 0 saturated carbocycles. The number of rotatable bonds is 7. The number of sulfonamides is 1. The van der Waals surface area contributed by atoms with E-state index in [2.05, 4.69) is 10.0 Å². The fourth-order valence-corrected chi connectivity index (χ4v) is 3.97. The third-order valence-corrected chi connectivity index (χ3v) is 5.26. The minimum atomic E-state index is -3.94. The monoisotopic (exact) mass is 438 g/mol. The van der Waals surface area contributed by atoms with Crippen molar-refractivity contribution in [3.05, 3.63) is 27.7 Å². The zero-order valence-corrected chi connectivity index (χ0v) is 18.2. The van der Waals surface area contributed by atoms with Gasteiger partial charge in [-0.3, -0.25) is 4.79 Å². The minimum absolute atomic E-state index is 0.0796. The molecule has 0 heterocycles. The Hall–Kier alpha value is -1.35. The second-order valence-electron chi connectivity index (χ2n) is 7.38. The van der Waals surface area contributed by atoms with Crippen LogP contribution in [0.2, 0.25) is 10.0 Å². The minimum Gasteiger partial charge on any atom is -0.452 e. The zero-order valence-electron chi connectivity index (χ0n) is 15.9. The van der Waals surface area contributed by atoms with Crippen LogP contribution in [0.25, 0.3) is 0 Å². The fraction of sp³-hybridized carbons (Fsp3) is 0.529. The van der Waals surface area contributed by atoms with E-state index in [1.807, 2.05) is 13.8 Å². The molecule has 0 fully saturated rings. The zero-order chi connectivity index (χ0) is 21.0. The molecule has 1 amide bonds. The van der Waals surface area contributed by atoms with Crippen LogP contribution in [0.4, 0.5) is 0 Å². The van der Waals surface area contributed by atoms with E-state index >= 15 is 0 Å². The average Bonchev–Trinajstić information content (AvgIpc) is 2.49. The Kier molecular flexibility index (Phi) is 8.10. The number of hydrogen-bond donors (Lipinski definition) is 2. The van der Waals surface area contributed by atoms with Gasteiger partial charge in [-0.2, -0.15) is 0 Å². The predicted molar refractivity (Wildman–Crippen MR) is 105 cm³/mol. The van der Waals surface area contributed by atoms with Gasteiger partial charge in [-0.05, 0) is 38.8 Å². The first kappa shape index (κ1) is 23.7. The van der Waals surface area contributed by atoms with Crippen LogP contribution in [-0.2, 0) is 19.6 Å². The first-order chi connectivity index (χ1) is 12.2. The van der Waals surface area contributed by atoms with E-state index < -0.39 is 34.0 Å². The molecule has 1 aromatic carbocycles. The molecule has 0 atom stereocenters. The summed E-state index contributed by atoms with van der Waals surface area (Å²) >= 11 is 12.0. The van der Waals surface area contributed by atoms with Gasteiger partial charge in [-0.15, -0.1) is 0 Å². The third kappa shape index (κ3) is 7.65. The topological polar surface area (TPSA) is 102 Å². The Morgan fingerprint density at radius 2 is 1.74 bits per heavy atom. The molecule has 0 radical (unpaired) electrons. The van der Waals surface area contributed by atoms with Gasteiger partial charge in [0.2, 0.25) is 10.0 Å². The lowest BCUT2D eigenvalue weighted by Crippen LogP contribution is -2.42. The highest BCUT2D eigenvalue weighted by Crippen LogP contribution is 2.29. The molecule has 0 bridgehead atoms. The molecule has 0 spiro atoms. The third-order valence-electron chi connectivity index (χ3n) is 3.06. The van der Waals surface area contributed by atoms with E-state index in [4.69, 9.17) is 27.9 Å². The van der Waals surface area contributed by atoms with Crippen LogP contribution >= 0.6 is 23.2 Å². The van der Waals surface area contributed by atoms with Gasteiger partial charge in [-0.1, -0.05) is 37.0 Å². The first-order valence-electron chi connectivity index (χ1n) is 8.20. The smallest absolute Gasteiger partial charge is 0.340 e. The maximum Gasteiger partial charge on any atom is 0.340 e. The van der Waals surface area contributed by atoms with E-state index in [0.717, 1.165) is 12.1 Å². The van der Waals surface area contributed by atoms with Gasteiger partial charge in [0, 0.05) is 12.1 Å². The Labute approximate surface area is 169 Å². The van der Waals surface area contributed by atoms with Crippen molar-refractivity contribution in [3.63, 3.8) is 0 Å². The van der Waals surface area contributed by atoms with Crippen molar-refractivity contribution >= 4 is 45.1 Å². The molecule has 152 valence electrons. The van der Waals surface area contributed by atoms with E-state index in [1.165, 1.54) is 0 Å². The summed E-state index contributed by atoms with van der Waals surface area (Å²) in [5.74, 6) is -1.34. The molecule has 0 aliphatic carbocycles. The maximum absolute atomic E-state index is 12.4. The Balaban J connectivity index is 3.02. The molecule has 1 aromatic rings. The van der Waals surface area contributed by atoms with E-state index in [0.29, 0.717) is 0 Å². The summed E-state index contributed by atoms with van der Waals surface area (Å²) in [5.41, 5.74) is -0.681. The van der Waals surface area contributed by atoms with Gasteiger partial charge in [0.05, 0.1) is 15.6 Å². The van der Waals surface area contributed by atoms with E-state index in [9.17, 15) is 18.0 Å². The highest BCUT2D eigenvalue weighted by Gasteiger charge is 2.24. The summed E-state index contributed by atoms with van der Waals surface area (Å²) in [6.07, 6.45) is 0. The quantitative estimate of drug-likeness (QED) is 0.636. The highest BCUT2D eigenvalue weighted by molar-refractivity contribution is 7.89. The number of carbonyl (C=O) groups is 2. The Morgan fingerprint density at radius 1 is 1.15 bits per heavy atom. The molecular formula is C17H24Cl2N2O5S. The van der Waals surface area contributed by atoms with Crippen molar-refractivity contribution in [2.45, 2.75) is 45.1 Å². The summed E-state index contributed by atoms with van der Waals surface area (Å²) in [6, 6.07) is 2.19. The molecular weight excluding hydrogens is 415 g/mol. The summed E-state index contributed by atoms with van der Waals surface area (Å²) in [5, 5.41) is 2.43. The highest BCUT2D eigenvalue weighted by atomic mass is 35.5. The molecule has 7 nitrogen and oxygen atoms in total. The SMILES string of the molecule is CC(C)CNS(=O)(=O)c1cc(C(=O)OCC(=O)NC(C)(C)C)c(Cl)cc1Cl. The largest absolute Gasteiger partial charge is 0.452 e. The van der Waals surface area contributed by atoms with Gasteiger partial charge >= 0.3 is 5.97 Å². The standard InChI is InChI=1S/C17H24Cl2N2O5S/c1-10(2)8-20-27(24,25)14-6-11(12(18)7-13(14)19)16(23)26-9-15(22)21-17(3,4)5/h6-7,10,20H,8-9H2,1-5H3,(H,21,22). The second-order valence-corrected chi connectivity index (χ2v) is 9.93. The number of nitrogens with one attached hydrogen (secondary N) is 2. The normalized spacial score (nSPS) is 12.1. The van der Waals surface area contributed by atoms with Crippen molar-refractivity contribution in [2.75, 3.05) is 13.2 Å². The van der Waals surface area contributed by atoms with Crippen LogP contribution in [0.5, 0.6) is 0 Å². The summed E-state index contributed by atoms with van der Waals surface area (Å²) in [4.78, 5) is 23.7. The lowest BCUT2D eigenvalue weighted by Gasteiger charge is -2.20. The molecule has 0 aliphatic heterocycles. The summed E-state index contributed by atoms with van der Waals surface area (Å²) in [7, 11) is -3.94. The average molecular weight is 439 g/mol. The molecule has 2 N–H and O–H groups in total. The van der Waals surface area contributed by atoms with Crippen molar-refractivity contribution < 1.29 is 22.7 Å². The lowest BCUT2D eigenvalue weighted by atomic mass is 10.1. The van der Waals surface area contributed by atoms with Gasteiger partial charge in [0.15, 0.2) is 6.61 Å². The van der Waals surface area contributed by atoms with Crippen molar-refractivity contribution in [1.82, 2.24) is 10.0 Å². The van der Waals surface area contributed by atoms with Crippen LogP contribution in [0.15, 0.2) is 17.0 Å². The predicted octanol–water partition coefficient (Wildman–Crippen LogP) is 3.00. The number of amides is 1. The van der Waals surface area contributed by atoms with Crippen molar-refractivity contribution in [1.29, 1.82) is 0 Å². The van der Waals surface area contributed by atoms with Gasteiger partial charge < -0.3 is 10.1 Å². The summed E-state index contributed by atoms with van der Waals surface area (Å²) in [6.45, 7) is 8.71. The number of halogens is 2. The second kappa shape index (κ2) is 9.23. The number of ether oxygens (including phenoxy) is 1. The summed E-state index contributed by atoms with van der Waals surface area (Å²) < 4.78 is 32.2. The molecule has 0 aromatic heterocycles. The lowest BCUT2D eigenvalue weighted by molar-refractivity contribution is -0.125. The van der Waals surface area contributed by atoms with Crippen LogP contribution in [0, 0.1) is 5.92 Å². The van der Waals surface area contributed by atoms with Gasteiger partial charge in [0.25, 0.3) is 5.91 Å². The molecule has 0 aliphatic rings. The van der Waals surface area contributed by atoms with Crippen LogP contribution < -0.4 is 10.0 Å². The number of hydrogen-bond acceptors (Lipinski definition) is 5. The molecule has 27 heavy (non-hydrogen) atoms. The molecule has 10 heteroatoms. The maximum atomic E-state index is 12.4. The molecule has 0 saturated heterocycles. The van der Waals surface area contributed by atoms with E-state index in [-0.39, 0.29) is 33.0 Å². The van der Waals surface area contributed by atoms with Crippen LogP contribution in [0.1, 0.15) is 45.0 Å².